The second-order valence-corrected chi connectivity index (χ2v) is 8.87. The quantitative estimate of drug-likeness (QED) is 0.381. The number of aryl methyl sites for hydroxylation is 2. The van der Waals surface area contributed by atoms with E-state index in [-0.39, 0.29) is 12.3 Å². The summed E-state index contributed by atoms with van der Waals surface area (Å²) < 4.78 is 2.03. The summed E-state index contributed by atoms with van der Waals surface area (Å²) in [6.45, 7) is 3.04. The molecule has 0 saturated heterocycles. The van der Waals surface area contributed by atoms with E-state index in [2.05, 4.69) is 28.8 Å². The summed E-state index contributed by atoms with van der Waals surface area (Å²) in [5, 5.41) is 16.0. The van der Waals surface area contributed by atoms with Gasteiger partial charge in [0.15, 0.2) is 0 Å². The summed E-state index contributed by atoms with van der Waals surface area (Å²) >= 11 is 0. The highest BCUT2D eigenvalue weighted by Gasteiger charge is 2.21. The van der Waals surface area contributed by atoms with Crippen LogP contribution in [0.3, 0.4) is 0 Å². The fraction of sp³-hybridized carbons (Fsp3) is 0.286. The maximum Gasteiger partial charge on any atom is 0.252 e. The molecule has 0 aliphatic heterocycles. The molecule has 7 heteroatoms. The van der Waals surface area contributed by atoms with Crippen LogP contribution in [0.2, 0.25) is 0 Å². The second-order valence-electron chi connectivity index (χ2n) is 8.87. The first-order valence-electron chi connectivity index (χ1n) is 12.1. The minimum atomic E-state index is -0.181. The Labute approximate surface area is 204 Å². The molecule has 2 aromatic carbocycles. The molecule has 0 fully saturated rings. The van der Waals surface area contributed by atoms with E-state index in [0.717, 1.165) is 53.8 Å². The molecule has 2 heterocycles. The molecule has 2 aromatic heterocycles. The molecule has 0 unspecified atom stereocenters. The first kappa shape index (κ1) is 22.6. The Morgan fingerprint density at radius 3 is 2.74 bits per heavy atom. The van der Waals surface area contributed by atoms with E-state index in [4.69, 9.17) is 15.2 Å². The number of carbonyl (C=O) groups is 1. The third kappa shape index (κ3) is 4.60. The van der Waals surface area contributed by atoms with Crippen LogP contribution in [-0.2, 0) is 19.4 Å². The van der Waals surface area contributed by atoms with Crippen LogP contribution in [0.25, 0.3) is 16.9 Å². The number of nitriles is 1. The molecule has 1 aliphatic rings. The highest BCUT2D eigenvalue weighted by Crippen LogP contribution is 2.30. The predicted molar refractivity (Wildman–Crippen MR) is 137 cm³/mol. The molecule has 0 atom stereocenters. The van der Waals surface area contributed by atoms with Crippen LogP contribution >= 0.6 is 0 Å². The van der Waals surface area contributed by atoms with Crippen molar-refractivity contribution < 1.29 is 4.79 Å². The Bertz CT molecular complexity index is 1420. The van der Waals surface area contributed by atoms with Crippen molar-refractivity contribution in [3.8, 4) is 12.0 Å². The van der Waals surface area contributed by atoms with Crippen molar-refractivity contribution in [3.63, 3.8) is 0 Å². The molecular formula is C28H28N6O. The van der Waals surface area contributed by atoms with Gasteiger partial charge in [0.1, 0.15) is 5.82 Å². The Hall–Kier alpha value is -4.18. The predicted octanol–water partition coefficient (Wildman–Crippen LogP) is 4.86. The number of benzene rings is 2. The number of fused-ring (bicyclic) bond motifs is 2. The van der Waals surface area contributed by atoms with Crippen molar-refractivity contribution in [1.29, 1.82) is 5.26 Å². The molecule has 0 radical (unpaired) electrons. The average molecular weight is 465 g/mol. The van der Waals surface area contributed by atoms with Gasteiger partial charge in [0.2, 0.25) is 5.95 Å². The number of anilines is 1. The van der Waals surface area contributed by atoms with Gasteiger partial charge < -0.3 is 10.6 Å². The molecule has 1 amide bonds. The van der Waals surface area contributed by atoms with E-state index < -0.39 is 0 Å². The van der Waals surface area contributed by atoms with Gasteiger partial charge in [-0.3, -0.25) is 9.36 Å². The van der Waals surface area contributed by atoms with Crippen molar-refractivity contribution in [3.05, 3.63) is 82.7 Å². The van der Waals surface area contributed by atoms with Gasteiger partial charge in [0, 0.05) is 35.3 Å². The third-order valence-electron chi connectivity index (χ3n) is 6.47. The number of hydrogen-bond donors (Lipinski definition) is 2. The summed E-state index contributed by atoms with van der Waals surface area (Å²) in [7, 11) is 0. The minimum absolute atomic E-state index is 0.181. The smallest absolute Gasteiger partial charge is 0.252 e. The average Bonchev–Trinajstić information content (AvgIpc) is 3.23. The highest BCUT2D eigenvalue weighted by molar-refractivity contribution is 6.07. The molecule has 7 nitrogen and oxygen atoms in total. The summed E-state index contributed by atoms with van der Waals surface area (Å²) in [4.78, 5) is 22.8. The Morgan fingerprint density at radius 1 is 1.09 bits per heavy atom. The van der Waals surface area contributed by atoms with Gasteiger partial charge in [-0.25, -0.2) is 4.98 Å². The van der Waals surface area contributed by atoms with Gasteiger partial charge in [0.25, 0.3) is 5.91 Å². The first-order chi connectivity index (χ1) is 17.2. The van der Waals surface area contributed by atoms with E-state index in [0.29, 0.717) is 24.6 Å². The largest absolute Gasteiger partial charge is 0.366 e. The molecule has 0 saturated carbocycles. The fourth-order valence-electron chi connectivity index (χ4n) is 4.76. The molecular weight excluding hydrogens is 436 g/mol. The minimum Gasteiger partial charge on any atom is -0.366 e. The molecule has 4 aromatic rings. The zero-order chi connectivity index (χ0) is 24.2. The number of nitrogens with one attached hydrogen (secondary N) is 2. The number of carbonyl (C=O) groups excluding carboxylic acids is 1. The summed E-state index contributed by atoms with van der Waals surface area (Å²) in [5.41, 5.74) is 5.95. The lowest BCUT2D eigenvalue weighted by atomic mass is 9.96. The van der Waals surface area contributed by atoms with Gasteiger partial charge in [-0.15, -0.1) is 0 Å². The van der Waals surface area contributed by atoms with Crippen molar-refractivity contribution in [2.45, 2.75) is 45.6 Å². The molecule has 0 bridgehead atoms. The van der Waals surface area contributed by atoms with Gasteiger partial charge in [-0.05, 0) is 56.4 Å². The second kappa shape index (κ2) is 9.98. The number of amides is 1. The molecule has 0 spiro atoms. The van der Waals surface area contributed by atoms with Crippen molar-refractivity contribution in [1.82, 2.24) is 19.9 Å². The molecule has 1 aliphatic carbocycles. The molecule has 5 rings (SSSR count). The van der Waals surface area contributed by atoms with Crippen LogP contribution in [0.1, 0.15) is 52.1 Å². The summed E-state index contributed by atoms with van der Waals surface area (Å²) in [6.07, 6.45) is 4.47. The zero-order valence-electron chi connectivity index (χ0n) is 19.8. The fourth-order valence-corrected chi connectivity index (χ4v) is 4.76. The lowest BCUT2D eigenvalue weighted by Gasteiger charge is -2.21. The Morgan fingerprint density at radius 2 is 1.91 bits per heavy atom. The van der Waals surface area contributed by atoms with Gasteiger partial charge in [-0.1, -0.05) is 36.4 Å². The maximum absolute atomic E-state index is 12.8. The number of aromatic nitrogens is 3. The number of nitrogens with zero attached hydrogens (tertiary/aromatic N) is 4. The molecule has 2 N–H and O–H groups in total. The number of hydrogen-bond acceptors (Lipinski definition) is 5. The molecule has 35 heavy (non-hydrogen) atoms. The maximum atomic E-state index is 12.8. The van der Waals surface area contributed by atoms with Crippen LogP contribution < -0.4 is 10.6 Å². The highest BCUT2D eigenvalue weighted by atomic mass is 16.1. The van der Waals surface area contributed by atoms with Crippen molar-refractivity contribution >= 4 is 22.6 Å². The van der Waals surface area contributed by atoms with Crippen LogP contribution in [0.15, 0.2) is 54.6 Å². The summed E-state index contributed by atoms with van der Waals surface area (Å²) in [6, 6.07) is 20.1. The van der Waals surface area contributed by atoms with E-state index in [1.54, 1.807) is 0 Å². The van der Waals surface area contributed by atoms with Gasteiger partial charge in [0.05, 0.1) is 23.7 Å². The van der Waals surface area contributed by atoms with E-state index in [1.165, 1.54) is 11.1 Å². The zero-order valence-corrected chi connectivity index (χ0v) is 19.8. The first-order valence-corrected chi connectivity index (χ1v) is 12.1. The van der Waals surface area contributed by atoms with E-state index >= 15 is 0 Å². The molecule has 176 valence electrons. The topological polar surface area (TPSA) is 95.6 Å². The lowest BCUT2D eigenvalue weighted by Crippen LogP contribution is -2.24. The van der Waals surface area contributed by atoms with E-state index in [9.17, 15) is 4.79 Å². The Kier molecular flexibility index (Phi) is 6.44. The van der Waals surface area contributed by atoms with Crippen molar-refractivity contribution in [2.24, 2.45) is 0 Å². The normalized spacial score (nSPS) is 12.7. The Balaban J connectivity index is 1.55. The lowest BCUT2D eigenvalue weighted by molar-refractivity contribution is 0.0956. The van der Waals surface area contributed by atoms with Crippen LogP contribution in [0.5, 0.6) is 0 Å². The SMILES string of the molecule is Cc1cc2c(C(=O)NCCC#N)cccc2n1-c1nc2c(c(NCc3ccccc3)n1)CCCC2. The monoisotopic (exact) mass is 464 g/mol. The number of rotatable bonds is 7. The third-order valence-corrected chi connectivity index (χ3v) is 6.47. The van der Waals surface area contributed by atoms with Gasteiger partial charge in [-0.2, -0.15) is 10.2 Å². The van der Waals surface area contributed by atoms with Gasteiger partial charge >= 0.3 is 0 Å². The van der Waals surface area contributed by atoms with E-state index in [1.807, 2.05) is 54.0 Å². The van der Waals surface area contributed by atoms with Crippen LogP contribution in [-0.4, -0.2) is 27.0 Å². The standard InChI is InChI=1S/C28H28N6O/c1-19-17-23-21(27(35)30-16-8-15-29)12-7-14-25(23)34(19)28-32-24-13-6-5-11-22(24)26(33-28)31-18-20-9-3-2-4-10-20/h2-4,7,9-10,12,14,17H,5-6,8,11,13,16,18H2,1H3,(H,30,35)(H,31,32,33). The van der Waals surface area contributed by atoms with Crippen LogP contribution in [0, 0.1) is 18.3 Å². The van der Waals surface area contributed by atoms with Crippen molar-refractivity contribution in [2.75, 3.05) is 11.9 Å². The summed E-state index contributed by atoms with van der Waals surface area (Å²) in [5.74, 6) is 1.33. The van der Waals surface area contributed by atoms with Crippen LogP contribution in [0.4, 0.5) is 5.82 Å².